The van der Waals surface area contributed by atoms with Gasteiger partial charge in [-0.25, -0.2) is 14.8 Å². The molecule has 0 saturated carbocycles. The fourth-order valence-electron chi connectivity index (χ4n) is 3.69. The van der Waals surface area contributed by atoms with E-state index in [2.05, 4.69) is 20.2 Å². The van der Waals surface area contributed by atoms with Crippen LogP contribution in [0.2, 0.25) is 0 Å². The Hall–Kier alpha value is -2.38. The topological polar surface area (TPSA) is 98.7 Å². The van der Waals surface area contributed by atoms with Gasteiger partial charge in [0, 0.05) is 44.6 Å². The predicted octanol–water partition coefficient (Wildman–Crippen LogP) is 1.20. The molecule has 3 atom stereocenters. The van der Waals surface area contributed by atoms with Crippen LogP contribution in [0.1, 0.15) is 26.2 Å². The number of anilines is 1. The molecular weight excluding hydrogens is 322 g/mol. The molecule has 8 nitrogen and oxygen atoms in total. The monoisotopic (exact) mass is 347 g/mol. The van der Waals surface area contributed by atoms with E-state index in [4.69, 9.17) is 0 Å². The molecule has 25 heavy (non-hydrogen) atoms. The van der Waals surface area contributed by atoms with E-state index in [9.17, 15) is 14.7 Å². The van der Waals surface area contributed by atoms with Crippen molar-refractivity contribution in [1.29, 1.82) is 0 Å². The lowest BCUT2D eigenvalue weighted by Gasteiger charge is -2.37. The molecule has 0 bridgehead atoms. The van der Waals surface area contributed by atoms with Gasteiger partial charge in [-0.05, 0) is 31.2 Å². The second-order valence-corrected chi connectivity index (χ2v) is 7.06. The molecule has 2 aliphatic rings. The number of nitrogens with zero attached hydrogens (tertiary/aromatic N) is 4. The van der Waals surface area contributed by atoms with Crippen molar-refractivity contribution in [3.8, 4) is 0 Å². The number of carbonyl (C=O) groups is 2. The third kappa shape index (κ3) is 4.37. The van der Waals surface area contributed by atoms with Gasteiger partial charge in [-0.1, -0.05) is 6.92 Å². The summed E-state index contributed by atoms with van der Waals surface area (Å²) >= 11 is 0. The highest BCUT2D eigenvalue weighted by atomic mass is 16.4. The average Bonchev–Trinajstić information content (AvgIpc) is 2.62. The van der Waals surface area contributed by atoms with Gasteiger partial charge in [-0.2, -0.15) is 0 Å². The number of nitrogens with one attached hydrogen (secondary N) is 1. The molecule has 0 aromatic carbocycles. The molecule has 3 unspecified atom stereocenters. The molecule has 3 heterocycles. The maximum atomic E-state index is 12.6. The molecule has 0 spiro atoms. The molecule has 136 valence electrons. The second-order valence-electron chi connectivity index (χ2n) is 7.06. The number of carbonyl (C=O) groups excluding carboxylic acids is 1. The summed E-state index contributed by atoms with van der Waals surface area (Å²) in [5, 5.41) is 12.3. The molecule has 2 N–H and O–H groups in total. The number of hydrogen-bond acceptors (Lipinski definition) is 5. The predicted molar refractivity (Wildman–Crippen MR) is 92.3 cm³/mol. The number of urea groups is 1. The molecule has 1 aromatic heterocycles. The van der Waals surface area contributed by atoms with Crippen molar-refractivity contribution in [2.75, 3.05) is 31.1 Å². The van der Waals surface area contributed by atoms with Gasteiger partial charge in [0.1, 0.15) is 0 Å². The van der Waals surface area contributed by atoms with E-state index < -0.39 is 11.9 Å². The van der Waals surface area contributed by atoms with Crippen LogP contribution in [0.4, 0.5) is 10.7 Å². The number of carboxylic acids is 1. The first kappa shape index (κ1) is 17.4. The lowest BCUT2D eigenvalue weighted by atomic mass is 9.91. The Balaban J connectivity index is 1.57. The first-order chi connectivity index (χ1) is 12.0. The van der Waals surface area contributed by atoms with E-state index in [-0.39, 0.29) is 24.5 Å². The molecule has 0 radical (unpaired) electrons. The SMILES string of the molecule is CC1CC(C(=O)O)CN(C(=O)NC2CCCN(c3ncccn3)C2)C1. The third-order valence-corrected chi connectivity index (χ3v) is 4.88. The van der Waals surface area contributed by atoms with Crippen LogP contribution < -0.4 is 10.2 Å². The van der Waals surface area contributed by atoms with Gasteiger partial charge >= 0.3 is 12.0 Å². The maximum absolute atomic E-state index is 12.6. The minimum atomic E-state index is -0.825. The van der Waals surface area contributed by atoms with Crippen molar-refractivity contribution < 1.29 is 14.7 Å². The molecule has 0 aliphatic carbocycles. The summed E-state index contributed by atoms with van der Waals surface area (Å²) < 4.78 is 0. The summed E-state index contributed by atoms with van der Waals surface area (Å²) in [5.41, 5.74) is 0. The zero-order valence-electron chi connectivity index (χ0n) is 14.5. The highest BCUT2D eigenvalue weighted by molar-refractivity contribution is 5.77. The van der Waals surface area contributed by atoms with Crippen molar-refractivity contribution in [2.24, 2.45) is 11.8 Å². The van der Waals surface area contributed by atoms with Crippen molar-refractivity contribution in [2.45, 2.75) is 32.2 Å². The summed E-state index contributed by atoms with van der Waals surface area (Å²) in [6, 6.07) is 1.63. The van der Waals surface area contributed by atoms with Gasteiger partial charge in [0.25, 0.3) is 0 Å². The fraction of sp³-hybridized carbons (Fsp3) is 0.647. The largest absolute Gasteiger partial charge is 0.481 e. The summed E-state index contributed by atoms with van der Waals surface area (Å²) in [7, 11) is 0. The Morgan fingerprint density at radius 3 is 2.72 bits per heavy atom. The Morgan fingerprint density at radius 1 is 1.24 bits per heavy atom. The van der Waals surface area contributed by atoms with Gasteiger partial charge in [0.05, 0.1) is 5.92 Å². The van der Waals surface area contributed by atoms with Gasteiger partial charge in [-0.3, -0.25) is 4.79 Å². The Morgan fingerprint density at radius 2 is 2.00 bits per heavy atom. The van der Waals surface area contributed by atoms with Crippen LogP contribution in [0.5, 0.6) is 0 Å². The van der Waals surface area contributed by atoms with Crippen molar-refractivity contribution >= 4 is 17.9 Å². The van der Waals surface area contributed by atoms with E-state index in [0.717, 1.165) is 19.4 Å². The minimum Gasteiger partial charge on any atom is -0.481 e. The summed E-state index contributed by atoms with van der Waals surface area (Å²) in [6.07, 6.45) is 5.91. The number of hydrogen-bond donors (Lipinski definition) is 2. The summed E-state index contributed by atoms with van der Waals surface area (Å²) in [5.74, 6) is -0.426. The van der Waals surface area contributed by atoms with Crippen molar-refractivity contribution in [3.05, 3.63) is 18.5 Å². The van der Waals surface area contributed by atoms with E-state index >= 15 is 0 Å². The average molecular weight is 347 g/mol. The third-order valence-electron chi connectivity index (χ3n) is 4.88. The summed E-state index contributed by atoms with van der Waals surface area (Å²) in [4.78, 5) is 36.1. The fourth-order valence-corrected chi connectivity index (χ4v) is 3.69. The number of aliphatic carboxylic acids is 1. The molecule has 2 amide bonds. The number of rotatable bonds is 3. The standard InChI is InChI=1S/C17H25N5O3/c1-12-8-13(15(23)24)10-22(9-12)17(25)20-14-4-2-7-21(11-14)16-18-5-3-6-19-16/h3,5-6,12-14H,2,4,7-11H2,1H3,(H,20,25)(H,23,24). The van der Waals surface area contributed by atoms with E-state index in [0.29, 0.717) is 25.5 Å². The highest BCUT2D eigenvalue weighted by Crippen LogP contribution is 2.22. The first-order valence-corrected chi connectivity index (χ1v) is 8.83. The van der Waals surface area contributed by atoms with Crippen LogP contribution in [-0.2, 0) is 4.79 Å². The smallest absolute Gasteiger partial charge is 0.317 e. The van der Waals surface area contributed by atoms with Gasteiger partial charge < -0.3 is 20.2 Å². The number of aromatic nitrogens is 2. The molecule has 2 fully saturated rings. The molecule has 2 saturated heterocycles. The maximum Gasteiger partial charge on any atom is 0.317 e. The normalized spacial score (nSPS) is 27.0. The summed E-state index contributed by atoms with van der Waals surface area (Å²) in [6.45, 7) is 4.42. The quantitative estimate of drug-likeness (QED) is 0.852. The Labute approximate surface area is 147 Å². The second kappa shape index (κ2) is 7.67. The van der Waals surface area contributed by atoms with E-state index in [1.54, 1.807) is 23.4 Å². The van der Waals surface area contributed by atoms with Gasteiger partial charge in [0.15, 0.2) is 0 Å². The van der Waals surface area contributed by atoms with E-state index in [1.165, 1.54) is 0 Å². The van der Waals surface area contributed by atoms with Crippen molar-refractivity contribution in [3.63, 3.8) is 0 Å². The number of likely N-dealkylation sites (tertiary alicyclic amines) is 1. The Kier molecular flexibility index (Phi) is 5.35. The van der Waals surface area contributed by atoms with Crippen molar-refractivity contribution in [1.82, 2.24) is 20.2 Å². The van der Waals surface area contributed by atoms with Crippen LogP contribution in [0.3, 0.4) is 0 Å². The van der Waals surface area contributed by atoms with Crippen LogP contribution in [0, 0.1) is 11.8 Å². The number of piperidine rings is 2. The lowest BCUT2D eigenvalue weighted by molar-refractivity contribution is -0.143. The molecular formula is C17H25N5O3. The number of amides is 2. The molecule has 8 heteroatoms. The first-order valence-electron chi connectivity index (χ1n) is 8.83. The Bertz CT molecular complexity index is 612. The zero-order valence-corrected chi connectivity index (χ0v) is 14.5. The molecule has 2 aliphatic heterocycles. The van der Waals surface area contributed by atoms with Crippen LogP contribution in [-0.4, -0.2) is 64.2 Å². The molecule has 1 aromatic rings. The van der Waals surface area contributed by atoms with Crippen LogP contribution >= 0.6 is 0 Å². The lowest BCUT2D eigenvalue weighted by Crippen LogP contribution is -2.55. The zero-order chi connectivity index (χ0) is 17.8. The number of carboxylic acid groups (broad SMARTS) is 1. The molecule has 3 rings (SSSR count). The van der Waals surface area contributed by atoms with Crippen LogP contribution in [0.25, 0.3) is 0 Å². The van der Waals surface area contributed by atoms with Gasteiger partial charge in [-0.15, -0.1) is 0 Å². The minimum absolute atomic E-state index is 0.0190. The van der Waals surface area contributed by atoms with E-state index in [1.807, 2.05) is 6.92 Å². The van der Waals surface area contributed by atoms with Gasteiger partial charge in [0.2, 0.25) is 5.95 Å². The highest BCUT2D eigenvalue weighted by Gasteiger charge is 2.33. The van der Waals surface area contributed by atoms with Crippen LogP contribution in [0.15, 0.2) is 18.5 Å².